The Hall–Kier alpha value is -1.35. The van der Waals surface area contributed by atoms with Gasteiger partial charge in [0.2, 0.25) is 10.0 Å². The second kappa shape index (κ2) is 6.61. The monoisotopic (exact) mass is 385 g/mol. The Balaban J connectivity index is 2.35. The van der Waals surface area contributed by atoms with Gasteiger partial charge in [-0.3, -0.25) is 4.98 Å². The molecular formula is C13H12BrN3O2S2. The highest BCUT2D eigenvalue weighted by molar-refractivity contribution is 9.10. The van der Waals surface area contributed by atoms with Crippen molar-refractivity contribution in [1.82, 2.24) is 9.71 Å². The van der Waals surface area contributed by atoms with Gasteiger partial charge >= 0.3 is 0 Å². The van der Waals surface area contributed by atoms with Crippen molar-refractivity contribution in [3.63, 3.8) is 0 Å². The van der Waals surface area contributed by atoms with E-state index in [0.717, 1.165) is 0 Å². The predicted molar refractivity (Wildman–Crippen MR) is 88.2 cm³/mol. The molecule has 0 bridgehead atoms. The molecule has 0 saturated heterocycles. The van der Waals surface area contributed by atoms with Crippen LogP contribution in [-0.4, -0.2) is 18.4 Å². The van der Waals surface area contributed by atoms with Crippen LogP contribution < -0.4 is 10.5 Å². The molecule has 0 radical (unpaired) electrons. The van der Waals surface area contributed by atoms with Crippen LogP contribution in [0.4, 0.5) is 0 Å². The lowest BCUT2D eigenvalue weighted by Crippen LogP contribution is -2.36. The Morgan fingerprint density at radius 3 is 2.52 bits per heavy atom. The minimum Gasteiger partial charge on any atom is -0.392 e. The van der Waals surface area contributed by atoms with Crippen molar-refractivity contribution in [3.8, 4) is 0 Å². The van der Waals surface area contributed by atoms with Gasteiger partial charge in [-0.05, 0) is 27.6 Å². The Labute approximate surface area is 136 Å². The summed E-state index contributed by atoms with van der Waals surface area (Å²) in [5.74, 6) is 0. The van der Waals surface area contributed by atoms with Gasteiger partial charge in [-0.1, -0.05) is 42.5 Å². The molecule has 0 fully saturated rings. The zero-order valence-corrected chi connectivity index (χ0v) is 14.0. The van der Waals surface area contributed by atoms with Gasteiger partial charge in [-0.2, -0.15) is 4.72 Å². The van der Waals surface area contributed by atoms with Crippen molar-refractivity contribution in [2.45, 2.75) is 10.9 Å². The summed E-state index contributed by atoms with van der Waals surface area (Å²) in [5.41, 5.74) is 6.34. The number of rotatable bonds is 5. The third-order valence-electron chi connectivity index (χ3n) is 2.68. The van der Waals surface area contributed by atoms with Crippen LogP contribution >= 0.6 is 28.1 Å². The third-order valence-corrected chi connectivity index (χ3v) is 4.74. The number of aromatic nitrogens is 1. The quantitative estimate of drug-likeness (QED) is 0.770. The summed E-state index contributed by atoms with van der Waals surface area (Å²) in [6, 6.07) is 9.59. The number of nitrogens with one attached hydrogen (secondary N) is 1. The summed E-state index contributed by atoms with van der Waals surface area (Å²) in [6.45, 7) is 0. The molecule has 1 unspecified atom stereocenters. The van der Waals surface area contributed by atoms with E-state index < -0.39 is 16.1 Å². The van der Waals surface area contributed by atoms with E-state index in [1.54, 1.807) is 24.3 Å². The minimum absolute atomic E-state index is 0.0362. The molecule has 2 rings (SSSR count). The highest BCUT2D eigenvalue weighted by Crippen LogP contribution is 2.19. The topological polar surface area (TPSA) is 85.1 Å². The molecule has 8 heteroatoms. The largest absolute Gasteiger partial charge is 0.392 e. The molecule has 3 N–H and O–H groups in total. The first kappa shape index (κ1) is 16.0. The van der Waals surface area contributed by atoms with Gasteiger partial charge in [0.15, 0.2) is 0 Å². The number of pyridine rings is 1. The van der Waals surface area contributed by atoms with Crippen molar-refractivity contribution >= 4 is 43.2 Å². The number of thiocarbonyl (C=S) groups is 1. The smallest absolute Gasteiger partial charge is 0.243 e. The standard InChI is InChI=1S/C13H12BrN3O2S2/c14-10-6-11(8-16-7-10)21(18,19)17-12(13(15)20)9-4-2-1-3-5-9/h1-8,12,17H,(H2,15,20). The van der Waals surface area contributed by atoms with Gasteiger partial charge in [0.1, 0.15) is 4.90 Å². The fraction of sp³-hybridized carbons (Fsp3) is 0.0769. The van der Waals surface area contributed by atoms with Crippen molar-refractivity contribution in [3.05, 3.63) is 58.8 Å². The lowest BCUT2D eigenvalue weighted by Gasteiger charge is -2.18. The fourth-order valence-corrected chi connectivity index (χ4v) is 3.68. The molecule has 0 amide bonds. The number of hydrogen-bond acceptors (Lipinski definition) is 4. The first-order chi connectivity index (χ1) is 9.90. The van der Waals surface area contributed by atoms with Crippen molar-refractivity contribution in [2.75, 3.05) is 0 Å². The molecule has 21 heavy (non-hydrogen) atoms. The fourth-order valence-electron chi connectivity index (χ4n) is 1.70. The third kappa shape index (κ3) is 4.07. The summed E-state index contributed by atoms with van der Waals surface area (Å²) in [6.07, 6.45) is 2.76. The van der Waals surface area contributed by atoms with E-state index in [4.69, 9.17) is 18.0 Å². The van der Waals surface area contributed by atoms with Crippen LogP contribution in [0.2, 0.25) is 0 Å². The maximum atomic E-state index is 12.4. The molecule has 5 nitrogen and oxygen atoms in total. The number of hydrogen-bond donors (Lipinski definition) is 2. The molecule has 1 heterocycles. The van der Waals surface area contributed by atoms with Gasteiger partial charge in [0.05, 0.1) is 11.0 Å². The van der Waals surface area contributed by atoms with Crippen molar-refractivity contribution in [2.24, 2.45) is 5.73 Å². The van der Waals surface area contributed by atoms with E-state index >= 15 is 0 Å². The molecule has 1 aromatic heterocycles. The molecular weight excluding hydrogens is 374 g/mol. The van der Waals surface area contributed by atoms with Crippen LogP contribution in [0.5, 0.6) is 0 Å². The molecule has 0 aliphatic carbocycles. The molecule has 1 aromatic carbocycles. The normalized spacial score (nSPS) is 12.8. The van der Waals surface area contributed by atoms with Gasteiger partial charge in [-0.15, -0.1) is 0 Å². The molecule has 0 spiro atoms. The SMILES string of the molecule is NC(=S)C(NS(=O)(=O)c1cncc(Br)c1)c1ccccc1. The first-order valence-corrected chi connectivity index (χ1v) is 8.56. The molecule has 0 aliphatic rings. The van der Waals surface area contributed by atoms with Gasteiger partial charge in [0, 0.05) is 16.9 Å². The van der Waals surface area contributed by atoms with E-state index in [1.807, 2.05) is 6.07 Å². The average molecular weight is 386 g/mol. The zero-order chi connectivity index (χ0) is 15.5. The van der Waals surface area contributed by atoms with E-state index in [-0.39, 0.29) is 9.88 Å². The van der Waals surface area contributed by atoms with Crippen LogP contribution in [0.3, 0.4) is 0 Å². The Morgan fingerprint density at radius 2 is 1.95 bits per heavy atom. The Kier molecular flexibility index (Phi) is 5.04. The molecule has 2 aromatic rings. The first-order valence-electron chi connectivity index (χ1n) is 5.87. The zero-order valence-electron chi connectivity index (χ0n) is 10.7. The van der Waals surface area contributed by atoms with Gasteiger partial charge in [0.25, 0.3) is 0 Å². The minimum atomic E-state index is -3.79. The summed E-state index contributed by atoms with van der Waals surface area (Å²) in [5, 5.41) is 0. The second-order valence-electron chi connectivity index (χ2n) is 4.21. The number of benzene rings is 1. The predicted octanol–water partition coefficient (Wildman–Crippen LogP) is 2.15. The van der Waals surface area contributed by atoms with E-state index in [0.29, 0.717) is 10.0 Å². The average Bonchev–Trinajstić information content (AvgIpc) is 2.45. The highest BCUT2D eigenvalue weighted by atomic mass is 79.9. The van der Waals surface area contributed by atoms with E-state index in [1.165, 1.54) is 18.5 Å². The number of sulfonamides is 1. The van der Waals surface area contributed by atoms with Crippen LogP contribution in [0.15, 0.2) is 58.2 Å². The highest BCUT2D eigenvalue weighted by Gasteiger charge is 2.23. The van der Waals surface area contributed by atoms with Crippen molar-refractivity contribution < 1.29 is 8.42 Å². The lowest BCUT2D eigenvalue weighted by molar-refractivity contribution is 0.577. The molecule has 1 atom stereocenters. The maximum absolute atomic E-state index is 12.4. The van der Waals surface area contributed by atoms with Crippen molar-refractivity contribution in [1.29, 1.82) is 0 Å². The van der Waals surface area contributed by atoms with Gasteiger partial charge in [-0.25, -0.2) is 8.42 Å². The van der Waals surface area contributed by atoms with Crippen LogP contribution in [-0.2, 0) is 10.0 Å². The summed E-state index contributed by atoms with van der Waals surface area (Å²) < 4.78 is 27.8. The van der Waals surface area contributed by atoms with Gasteiger partial charge < -0.3 is 5.73 Å². The van der Waals surface area contributed by atoms with Crippen LogP contribution in [0, 0.1) is 0 Å². The number of nitrogens with two attached hydrogens (primary N) is 1. The number of halogens is 1. The van der Waals surface area contributed by atoms with E-state index in [2.05, 4.69) is 25.6 Å². The molecule has 110 valence electrons. The second-order valence-corrected chi connectivity index (χ2v) is 7.31. The van der Waals surface area contributed by atoms with Crippen LogP contribution in [0.25, 0.3) is 0 Å². The summed E-state index contributed by atoms with van der Waals surface area (Å²) >= 11 is 8.16. The van der Waals surface area contributed by atoms with Crippen LogP contribution in [0.1, 0.15) is 11.6 Å². The molecule has 0 aliphatic heterocycles. The Morgan fingerprint density at radius 1 is 1.29 bits per heavy atom. The summed E-state index contributed by atoms with van der Waals surface area (Å²) in [7, 11) is -3.79. The summed E-state index contributed by atoms with van der Waals surface area (Å²) in [4.78, 5) is 3.93. The lowest BCUT2D eigenvalue weighted by atomic mass is 10.1. The van der Waals surface area contributed by atoms with E-state index in [9.17, 15) is 8.42 Å². The Bertz CT molecular complexity index is 751. The molecule has 0 saturated carbocycles. The maximum Gasteiger partial charge on any atom is 0.243 e. The number of nitrogens with zero attached hydrogens (tertiary/aromatic N) is 1.